The molecule has 0 unspecified atom stereocenters. The van der Waals surface area contributed by atoms with Gasteiger partial charge in [-0.05, 0) is 49.1 Å². The van der Waals surface area contributed by atoms with Crippen LogP contribution in [0.3, 0.4) is 0 Å². The molecular weight excluding hydrogens is 458 g/mol. The quantitative estimate of drug-likeness (QED) is 0.465. The highest BCUT2D eigenvalue weighted by atomic mass is 16.5. The molecule has 1 aromatic carbocycles. The Labute approximate surface area is 208 Å². The molecule has 1 aliphatic heterocycles. The maximum Gasteiger partial charge on any atom is 0.287 e. The molecule has 0 radical (unpaired) electrons. The van der Waals surface area contributed by atoms with E-state index in [2.05, 4.69) is 27.5 Å². The Morgan fingerprint density at radius 2 is 2.00 bits per heavy atom. The van der Waals surface area contributed by atoms with Crippen LogP contribution in [-0.4, -0.2) is 57.1 Å². The van der Waals surface area contributed by atoms with Crippen molar-refractivity contribution in [2.24, 2.45) is 0 Å². The van der Waals surface area contributed by atoms with E-state index in [1.54, 1.807) is 41.2 Å². The van der Waals surface area contributed by atoms with Crippen molar-refractivity contribution >= 4 is 17.5 Å². The summed E-state index contributed by atoms with van der Waals surface area (Å²) in [5.41, 5.74) is 2.96. The van der Waals surface area contributed by atoms with Crippen LogP contribution in [0, 0.1) is 0 Å². The number of rotatable bonds is 5. The maximum absolute atomic E-state index is 13.3. The van der Waals surface area contributed by atoms with Gasteiger partial charge in [0.05, 0.1) is 18.4 Å². The summed E-state index contributed by atoms with van der Waals surface area (Å²) in [7, 11) is 0. The van der Waals surface area contributed by atoms with Gasteiger partial charge in [0.25, 0.3) is 11.8 Å². The largest absolute Gasteiger partial charge is 0.459 e. The van der Waals surface area contributed by atoms with Crippen molar-refractivity contribution < 1.29 is 18.7 Å². The lowest BCUT2D eigenvalue weighted by Gasteiger charge is -2.44. The highest BCUT2D eigenvalue weighted by Crippen LogP contribution is 2.52. The van der Waals surface area contributed by atoms with Crippen molar-refractivity contribution in [2.45, 2.75) is 37.3 Å². The van der Waals surface area contributed by atoms with Crippen LogP contribution in [0.15, 0.2) is 71.6 Å². The molecule has 2 aliphatic rings. The van der Waals surface area contributed by atoms with E-state index >= 15 is 0 Å². The molecule has 6 rings (SSSR count). The van der Waals surface area contributed by atoms with E-state index in [1.165, 1.54) is 11.8 Å². The Morgan fingerprint density at radius 3 is 2.75 bits per heavy atom. The molecule has 0 bridgehead atoms. The van der Waals surface area contributed by atoms with Gasteiger partial charge in [-0.3, -0.25) is 9.59 Å². The van der Waals surface area contributed by atoms with Gasteiger partial charge in [-0.1, -0.05) is 24.3 Å². The zero-order chi connectivity index (χ0) is 24.7. The minimum absolute atomic E-state index is 0.0998. The summed E-state index contributed by atoms with van der Waals surface area (Å²) in [5.74, 6) is -0.0991. The third-order valence-electron chi connectivity index (χ3n) is 7.46. The molecule has 2 atom stereocenters. The van der Waals surface area contributed by atoms with Gasteiger partial charge in [0.15, 0.2) is 17.1 Å². The molecule has 3 aromatic heterocycles. The first-order valence-electron chi connectivity index (χ1n) is 12.3. The van der Waals surface area contributed by atoms with Crippen molar-refractivity contribution in [2.75, 3.05) is 19.7 Å². The van der Waals surface area contributed by atoms with E-state index in [0.29, 0.717) is 31.0 Å². The molecule has 1 saturated heterocycles. The number of carbonyl (C=O) groups excluding carboxylic acids is 2. The van der Waals surface area contributed by atoms with E-state index in [9.17, 15) is 9.59 Å². The minimum atomic E-state index is -0.315. The molecule has 4 heterocycles. The Kier molecular flexibility index (Phi) is 5.56. The molecule has 1 aliphatic carbocycles. The average molecular weight is 486 g/mol. The second-order valence-corrected chi connectivity index (χ2v) is 9.29. The fourth-order valence-electron chi connectivity index (χ4n) is 5.83. The second-order valence-electron chi connectivity index (χ2n) is 9.29. The number of piperidine rings is 1. The third-order valence-corrected chi connectivity index (χ3v) is 7.46. The van der Waals surface area contributed by atoms with Crippen LogP contribution in [0.4, 0.5) is 0 Å². The number of carbonyl (C=O) groups is 2. The van der Waals surface area contributed by atoms with Crippen LogP contribution < -0.4 is 5.32 Å². The number of hydrogen-bond acceptors (Lipinski definition) is 6. The number of aromatic nitrogens is 3. The lowest BCUT2D eigenvalue weighted by atomic mass is 9.71. The smallest absolute Gasteiger partial charge is 0.287 e. The number of ether oxygens (including phenoxy) is 1. The molecule has 184 valence electrons. The predicted molar refractivity (Wildman–Crippen MR) is 131 cm³/mol. The summed E-state index contributed by atoms with van der Waals surface area (Å²) >= 11 is 0. The number of benzene rings is 1. The lowest BCUT2D eigenvalue weighted by Crippen LogP contribution is -2.52. The SMILES string of the molecule is CCO[C@H]1[C@H](NC(=O)c2ccco2)c2ccccc2C12CCN(C(=O)c1cc3ncccn3n1)CC2. The van der Waals surface area contributed by atoms with Crippen molar-refractivity contribution in [1.82, 2.24) is 24.8 Å². The average Bonchev–Trinajstić information content (AvgIpc) is 3.65. The Hall–Kier alpha value is -3.98. The Bertz CT molecular complexity index is 1370. The molecule has 4 aromatic rings. The third kappa shape index (κ3) is 3.58. The topological polar surface area (TPSA) is 102 Å². The van der Waals surface area contributed by atoms with Gasteiger partial charge >= 0.3 is 0 Å². The summed E-state index contributed by atoms with van der Waals surface area (Å²) in [6.07, 6.45) is 6.14. The molecule has 2 amide bonds. The standard InChI is InChI=1S/C27H27N5O4/c1-2-35-24-23(29-25(33)21-9-5-16-36-21)18-7-3-4-8-19(18)27(24)10-14-31(15-11-27)26(34)20-17-22-28-12-6-13-32(22)30-20/h3-9,12-13,16-17,23-24H,2,10-11,14-15H2,1H3,(H,29,33)/t23-,24+/m1/s1. The van der Waals surface area contributed by atoms with Gasteiger partial charge in [0.1, 0.15) is 0 Å². The second kappa shape index (κ2) is 8.91. The van der Waals surface area contributed by atoms with E-state index in [1.807, 2.05) is 24.0 Å². The van der Waals surface area contributed by atoms with E-state index in [4.69, 9.17) is 9.15 Å². The van der Waals surface area contributed by atoms with Gasteiger partial charge in [0.2, 0.25) is 0 Å². The number of furan rings is 1. The number of nitrogens with one attached hydrogen (secondary N) is 1. The molecular formula is C27H27N5O4. The van der Waals surface area contributed by atoms with Crippen LogP contribution in [0.25, 0.3) is 5.65 Å². The monoisotopic (exact) mass is 485 g/mol. The molecule has 9 nitrogen and oxygen atoms in total. The van der Waals surface area contributed by atoms with Crippen molar-refractivity contribution in [3.05, 3.63) is 89.8 Å². The zero-order valence-electron chi connectivity index (χ0n) is 20.0. The Morgan fingerprint density at radius 1 is 1.17 bits per heavy atom. The molecule has 9 heteroatoms. The van der Waals surface area contributed by atoms with Crippen molar-refractivity contribution in [3.63, 3.8) is 0 Å². The first-order chi connectivity index (χ1) is 17.6. The summed E-state index contributed by atoms with van der Waals surface area (Å²) in [6.45, 7) is 3.62. The van der Waals surface area contributed by atoms with E-state index < -0.39 is 0 Å². The number of likely N-dealkylation sites (tertiary alicyclic amines) is 1. The number of fused-ring (bicyclic) bond motifs is 3. The van der Waals surface area contributed by atoms with Gasteiger partial charge in [-0.15, -0.1) is 0 Å². The highest BCUT2D eigenvalue weighted by molar-refractivity contribution is 5.93. The first-order valence-corrected chi connectivity index (χ1v) is 12.3. The van der Waals surface area contributed by atoms with Crippen LogP contribution in [0.1, 0.15) is 58.0 Å². The summed E-state index contributed by atoms with van der Waals surface area (Å²) < 4.78 is 13.3. The fraction of sp³-hybridized carbons (Fsp3) is 0.333. The van der Waals surface area contributed by atoms with Crippen LogP contribution in [-0.2, 0) is 10.2 Å². The summed E-state index contributed by atoms with van der Waals surface area (Å²) in [5, 5.41) is 7.57. The predicted octanol–water partition coefficient (Wildman–Crippen LogP) is 3.39. The van der Waals surface area contributed by atoms with E-state index in [0.717, 1.165) is 18.4 Å². The molecule has 1 fully saturated rings. The van der Waals surface area contributed by atoms with E-state index in [-0.39, 0.29) is 35.1 Å². The van der Waals surface area contributed by atoms with Crippen LogP contribution in [0.5, 0.6) is 0 Å². The van der Waals surface area contributed by atoms with Crippen LogP contribution >= 0.6 is 0 Å². The zero-order valence-corrected chi connectivity index (χ0v) is 20.0. The first kappa shape index (κ1) is 22.5. The number of amides is 2. The number of hydrogen-bond donors (Lipinski definition) is 1. The van der Waals surface area contributed by atoms with Gasteiger partial charge < -0.3 is 19.4 Å². The maximum atomic E-state index is 13.3. The van der Waals surface area contributed by atoms with Gasteiger partial charge in [-0.25, -0.2) is 9.50 Å². The number of nitrogens with zero attached hydrogens (tertiary/aromatic N) is 4. The van der Waals surface area contributed by atoms with Gasteiger partial charge in [0, 0.05) is 43.6 Å². The van der Waals surface area contributed by atoms with Crippen molar-refractivity contribution in [3.8, 4) is 0 Å². The molecule has 1 N–H and O–H groups in total. The fourth-order valence-corrected chi connectivity index (χ4v) is 5.83. The highest BCUT2D eigenvalue weighted by Gasteiger charge is 2.54. The van der Waals surface area contributed by atoms with Crippen LogP contribution in [0.2, 0.25) is 0 Å². The van der Waals surface area contributed by atoms with Gasteiger partial charge in [-0.2, -0.15) is 5.10 Å². The molecule has 36 heavy (non-hydrogen) atoms. The minimum Gasteiger partial charge on any atom is -0.459 e. The molecule has 1 spiro atoms. The lowest BCUT2D eigenvalue weighted by molar-refractivity contribution is -0.0307. The molecule has 0 saturated carbocycles. The summed E-state index contributed by atoms with van der Waals surface area (Å²) in [4.78, 5) is 32.3. The summed E-state index contributed by atoms with van der Waals surface area (Å²) in [6, 6.07) is 14.8. The van der Waals surface area contributed by atoms with Crippen molar-refractivity contribution in [1.29, 1.82) is 0 Å². The Balaban J connectivity index is 1.27. The normalized spacial score (nSPS) is 20.5.